The standard InChI is InChI=1S/C23H22F2N2O4S/c1-14-4-10-19(32(29,30)27-17-6-8-18(31-3)9-7-17)13-21(14)23(28)26-15(2)20-11-5-16(24)12-22(20)25/h4-13,15,27H,1-3H3,(H,26,28). The average Bonchev–Trinajstić information content (AvgIpc) is 2.74. The quantitative estimate of drug-likeness (QED) is 0.541. The number of methoxy groups -OCH3 is 1. The Kier molecular flexibility index (Phi) is 6.78. The van der Waals surface area contributed by atoms with E-state index in [2.05, 4.69) is 10.0 Å². The van der Waals surface area contributed by atoms with Crippen LogP contribution in [0.5, 0.6) is 5.75 Å². The number of carbonyl (C=O) groups is 1. The third-order valence-corrected chi connectivity index (χ3v) is 6.26. The number of ether oxygens (including phenoxy) is 1. The molecule has 3 aromatic rings. The van der Waals surface area contributed by atoms with Gasteiger partial charge >= 0.3 is 0 Å². The largest absolute Gasteiger partial charge is 0.497 e. The number of halogens is 2. The number of benzene rings is 3. The third-order valence-electron chi connectivity index (χ3n) is 4.88. The number of amides is 1. The molecule has 0 saturated carbocycles. The molecule has 3 rings (SSSR count). The number of sulfonamides is 1. The summed E-state index contributed by atoms with van der Waals surface area (Å²) in [4.78, 5) is 12.7. The van der Waals surface area contributed by atoms with E-state index in [9.17, 15) is 22.0 Å². The summed E-state index contributed by atoms with van der Waals surface area (Å²) in [7, 11) is -2.47. The Hall–Kier alpha value is -3.46. The fraction of sp³-hybridized carbons (Fsp3) is 0.174. The molecule has 0 spiro atoms. The second kappa shape index (κ2) is 9.35. The molecule has 0 aromatic heterocycles. The van der Waals surface area contributed by atoms with Gasteiger partial charge < -0.3 is 10.1 Å². The van der Waals surface area contributed by atoms with Gasteiger partial charge in [-0.2, -0.15) is 0 Å². The first-order valence-corrected chi connectivity index (χ1v) is 11.1. The summed E-state index contributed by atoms with van der Waals surface area (Å²) >= 11 is 0. The molecule has 0 heterocycles. The van der Waals surface area contributed by atoms with Crippen LogP contribution < -0.4 is 14.8 Å². The molecule has 0 aliphatic rings. The van der Waals surface area contributed by atoms with E-state index < -0.39 is 33.6 Å². The van der Waals surface area contributed by atoms with Crippen molar-refractivity contribution in [2.45, 2.75) is 24.8 Å². The summed E-state index contributed by atoms with van der Waals surface area (Å²) in [5, 5.41) is 2.62. The molecule has 6 nitrogen and oxygen atoms in total. The Balaban J connectivity index is 1.82. The predicted molar refractivity (Wildman–Crippen MR) is 117 cm³/mol. The van der Waals surface area contributed by atoms with Crippen molar-refractivity contribution in [3.05, 3.63) is 89.0 Å². The minimum atomic E-state index is -3.97. The Labute approximate surface area is 185 Å². The number of aryl methyl sites for hydroxylation is 1. The van der Waals surface area contributed by atoms with Crippen LogP contribution >= 0.6 is 0 Å². The molecule has 0 aliphatic heterocycles. The summed E-state index contributed by atoms with van der Waals surface area (Å²) in [6.07, 6.45) is 0. The molecule has 2 N–H and O–H groups in total. The Morgan fingerprint density at radius 1 is 1.00 bits per heavy atom. The van der Waals surface area contributed by atoms with Crippen LogP contribution in [0.2, 0.25) is 0 Å². The van der Waals surface area contributed by atoms with Crippen LogP contribution in [0.15, 0.2) is 65.6 Å². The zero-order valence-corrected chi connectivity index (χ0v) is 18.5. The van der Waals surface area contributed by atoms with E-state index in [0.29, 0.717) is 17.0 Å². The number of hydrogen-bond acceptors (Lipinski definition) is 4. The lowest BCUT2D eigenvalue weighted by Gasteiger charge is -2.17. The van der Waals surface area contributed by atoms with Crippen LogP contribution in [0, 0.1) is 18.6 Å². The molecular formula is C23H22F2N2O4S. The van der Waals surface area contributed by atoms with Crippen LogP contribution in [0.25, 0.3) is 0 Å². The average molecular weight is 461 g/mol. The highest BCUT2D eigenvalue weighted by atomic mass is 32.2. The van der Waals surface area contributed by atoms with E-state index in [4.69, 9.17) is 4.74 Å². The van der Waals surface area contributed by atoms with Gasteiger partial charge in [0.15, 0.2) is 0 Å². The van der Waals surface area contributed by atoms with E-state index >= 15 is 0 Å². The SMILES string of the molecule is COc1ccc(NS(=O)(=O)c2ccc(C)c(C(=O)NC(C)c3ccc(F)cc3F)c2)cc1. The fourth-order valence-corrected chi connectivity index (χ4v) is 4.18. The number of nitrogens with one attached hydrogen (secondary N) is 2. The summed E-state index contributed by atoms with van der Waals surface area (Å²) in [6, 6.07) is 12.8. The van der Waals surface area contributed by atoms with Gasteiger partial charge in [0.1, 0.15) is 17.4 Å². The monoisotopic (exact) mass is 460 g/mol. The summed E-state index contributed by atoms with van der Waals surface area (Å²) in [5.41, 5.74) is 1.11. The molecule has 1 amide bonds. The number of carbonyl (C=O) groups excluding carboxylic acids is 1. The Morgan fingerprint density at radius 3 is 2.31 bits per heavy atom. The van der Waals surface area contributed by atoms with Crippen LogP contribution in [0.3, 0.4) is 0 Å². The Morgan fingerprint density at radius 2 is 1.69 bits per heavy atom. The maximum absolute atomic E-state index is 14.0. The highest BCUT2D eigenvalue weighted by Crippen LogP contribution is 2.23. The number of rotatable bonds is 7. The van der Waals surface area contributed by atoms with Crippen molar-refractivity contribution in [3.63, 3.8) is 0 Å². The van der Waals surface area contributed by atoms with Crippen molar-refractivity contribution in [3.8, 4) is 5.75 Å². The fourth-order valence-electron chi connectivity index (χ4n) is 3.09. The summed E-state index contributed by atoms with van der Waals surface area (Å²) in [5.74, 6) is -1.51. The number of hydrogen-bond donors (Lipinski definition) is 2. The predicted octanol–water partition coefficient (Wildman–Crippen LogP) is 4.57. The van der Waals surface area contributed by atoms with Crippen molar-refractivity contribution in [1.29, 1.82) is 0 Å². The van der Waals surface area contributed by atoms with Gasteiger partial charge in [-0.25, -0.2) is 17.2 Å². The van der Waals surface area contributed by atoms with Gasteiger partial charge in [-0.15, -0.1) is 0 Å². The normalized spacial score (nSPS) is 12.2. The second-order valence-electron chi connectivity index (χ2n) is 7.17. The van der Waals surface area contributed by atoms with Crippen LogP contribution in [-0.4, -0.2) is 21.4 Å². The Bertz CT molecular complexity index is 1250. The first-order valence-electron chi connectivity index (χ1n) is 9.64. The molecule has 1 atom stereocenters. The third kappa shape index (κ3) is 5.23. The van der Waals surface area contributed by atoms with Gasteiger partial charge in [-0.3, -0.25) is 9.52 Å². The van der Waals surface area contributed by atoms with Gasteiger partial charge in [-0.1, -0.05) is 12.1 Å². The summed E-state index contributed by atoms with van der Waals surface area (Å²) < 4.78 is 60.3. The summed E-state index contributed by atoms with van der Waals surface area (Å²) in [6.45, 7) is 3.21. The van der Waals surface area contributed by atoms with Crippen LogP contribution in [0.4, 0.5) is 14.5 Å². The molecule has 3 aromatic carbocycles. The van der Waals surface area contributed by atoms with Crippen molar-refractivity contribution >= 4 is 21.6 Å². The van der Waals surface area contributed by atoms with E-state index in [0.717, 1.165) is 12.1 Å². The van der Waals surface area contributed by atoms with Crippen LogP contribution in [0.1, 0.15) is 34.5 Å². The van der Waals surface area contributed by atoms with Gasteiger partial charge in [0, 0.05) is 22.9 Å². The highest BCUT2D eigenvalue weighted by Gasteiger charge is 2.20. The lowest BCUT2D eigenvalue weighted by molar-refractivity contribution is 0.0938. The molecule has 0 saturated heterocycles. The molecular weight excluding hydrogens is 438 g/mol. The maximum Gasteiger partial charge on any atom is 0.261 e. The molecule has 0 bridgehead atoms. The maximum atomic E-state index is 14.0. The zero-order valence-electron chi connectivity index (χ0n) is 17.6. The van der Waals surface area contributed by atoms with E-state index in [1.54, 1.807) is 38.1 Å². The van der Waals surface area contributed by atoms with Crippen LogP contribution in [-0.2, 0) is 10.0 Å². The molecule has 0 aliphatic carbocycles. The zero-order chi connectivity index (χ0) is 23.5. The molecule has 1 unspecified atom stereocenters. The van der Waals surface area contributed by atoms with E-state index in [-0.39, 0.29) is 16.0 Å². The number of anilines is 1. The molecule has 0 fully saturated rings. The first kappa shape index (κ1) is 23.2. The molecule has 9 heteroatoms. The van der Waals surface area contributed by atoms with Crippen molar-refractivity contribution in [2.24, 2.45) is 0 Å². The highest BCUT2D eigenvalue weighted by molar-refractivity contribution is 7.92. The molecule has 32 heavy (non-hydrogen) atoms. The first-order chi connectivity index (χ1) is 15.1. The lowest BCUT2D eigenvalue weighted by Crippen LogP contribution is -2.28. The molecule has 168 valence electrons. The van der Waals surface area contributed by atoms with Crippen molar-refractivity contribution in [1.82, 2.24) is 5.32 Å². The van der Waals surface area contributed by atoms with Gasteiger partial charge in [0.2, 0.25) is 0 Å². The van der Waals surface area contributed by atoms with Gasteiger partial charge in [0.05, 0.1) is 18.0 Å². The van der Waals surface area contributed by atoms with E-state index in [1.165, 1.54) is 31.4 Å². The molecule has 0 radical (unpaired) electrons. The van der Waals surface area contributed by atoms with Gasteiger partial charge in [0.25, 0.3) is 15.9 Å². The minimum Gasteiger partial charge on any atom is -0.497 e. The smallest absolute Gasteiger partial charge is 0.261 e. The lowest BCUT2D eigenvalue weighted by atomic mass is 10.1. The topological polar surface area (TPSA) is 84.5 Å². The minimum absolute atomic E-state index is 0.107. The van der Waals surface area contributed by atoms with Crippen molar-refractivity contribution < 1.29 is 26.7 Å². The van der Waals surface area contributed by atoms with Crippen molar-refractivity contribution in [2.75, 3.05) is 11.8 Å². The van der Waals surface area contributed by atoms with E-state index in [1.807, 2.05) is 0 Å². The second-order valence-corrected chi connectivity index (χ2v) is 8.85. The van der Waals surface area contributed by atoms with Gasteiger partial charge in [-0.05, 0) is 61.9 Å².